The van der Waals surface area contributed by atoms with Crippen LogP contribution in [0.1, 0.15) is 17.9 Å². The SMILES string of the molecule is O=S(=O)(Cl)C[C@@H]1CCOc2ccccc21. The Balaban J connectivity index is 2.30. The van der Waals surface area contributed by atoms with Crippen LogP contribution in [0.2, 0.25) is 0 Å². The molecule has 0 N–H and O–H groups in total. The van der Waals surface area contributed by atoms with Crippen molar-refractivity contribution in [3.05, 3.63) is 29.8 Å². The van der Waals surface area contributed by atoms with Gasteiger partial charge in [-0.2, -0.15) is 0 Å². The summed E-state index contributed by atoms with van der Waals surface area (Å²) in [5.41, 5.74) is 0.938. The number of hydrogen-bond donors (Lipinski definition) is 0. The van der Waals surface area contributed by atoms with Gasteiger partial charge in [-0.1, -0.05) is 18.2 Å². The molecule has 1 aliphatic heterocycles. The van der Waals surface area contributed by atoms with Gasteiger partial charge in [0, 0.05) is 16.6 Å². The van der Waals surface area contributed by atoms with Crippen molar-refractivity contribution in [2.24, 2.45) is 0 Å². The molecule has 0 radical (unpaired) electrons. The van der Waals surface area contributed by atoms with Crippen LogP contribution >= 0.6 is 10.7 Å². The van der Waals surface area contributed by atoms with Crippen molar-refractivity contribution in [1.82, 2.24) is 0 Å². The van der Waals surface area contributed by atoms with E-state index in [1.807, 2.05) is 24.3 Å². The standard InChI is InChI=1S/C10H11ClO3S/c11-15(12,13)7-8-5-6-14-10-4-2-1-3-9(8)10/h1-4,8H,5-7H2/t8-/m0/s1. The summed E-state index contributed by atoms with van der Waals surface area (Å²) in [6.45, 7) is 0.550. The number of halogens is 1. The Kier molecular flexibility index (Phi) is 2.89. The van der Waals surface area contributed by atoms with E-state index in [2.05, 4.69) is 0 Å². The summed E-state index contributed by atoms with van der Waals surface area (Å²) < 4.78 is 27.5. The van der Waals surface area contributed by atoms with Gasteiger partial charge < -0.3 is 4.74 Å². The molecule has 0 saturated carbocycles. The van der Waals surface area contributed by atoms with Crippen molar-refractivity contribution in [2.75, 3.05) is 12.4 Å². The van der Waals surface area contributed by atoms with Gasteiger partial charge in [-0.25, -0.2) is 8.42 Å². The van der Waals surface area contributed by atoms with Gasteiger partial charge >= 0.3 is 0 Å². The molecule has 0 unspecified atom stereocenters. The molecule has 0 aliphatic carbocycles. The zero-order valence-corrected chi connectivity index (χ0v) is 9.59. The molecule has 1 aliphatic rings. The predicted molar refractivity (Wildman–Crippen MR) is 58.9 cm³/mol. The van der Waals surface area contributed by atoms with E-state index in [0.29, 0.717) is 13.0 Å². The molecular formula is C10H11ClO3S. The third-order valence-electron chi connectivity index (χ3n) is 2.48. The quantitative estimate of drug-likeness (QED) is 0.751. The highest BCUT2D eigenvalue weighted by Gasteiger charge is 2.25. The Morgan fingerprint density at radius 2 is 2.13 bits per heavy atom. The second-order valence-corrected chi connectivity index (χ2v) is 6.40. The highest BCUT2D eigenvalue weighted by atomic mass is 35.7. The molecule has 3 nitrogen and oxygen atoms in total. The lowest BCUT2D eigenvalue weighted by molar-refractivity contribution is 0.273. The van der Waals surface area contributed by atoms with E-state index in [1.165, 1.54) is 0 Å². The predicted octanol–water partition coefficient (Wildman–Crippen LogP) is 2.12. The molecule has 0 fully saturated rings. The van der Waals surface area contributed by atoms with Gasteiger partial charge in [0.25, 0.3) is 0 Å². The molecule has 1 atom stereocenters. The van der Waals surface area contributed by atoms with Crippen molar-refractivity contribution in [3.8, 4) is 5.75 Å². The number of hydrogen-bond acceptors (Lipinski definition) is 3. The third-order valence-corrected chi connectivity index (χ3v) is 3.66. The average molecular weight is 247 g/mol. The Bertz CT molecular complexity index is 455. The monoisotopic (exact) mass is 246 g/mol. The summed E-state index contributed by atoms with van der Waals surface area (Å²) in [7, 11) is 1.81. The van der Waals surface area contributed by atoms with E-state index < -0.39 is 9.05 Å². The molecule has 0 aromatic heterocycles. The molecule has 1 aromatic rings. The molecular weight excluding hydrogens is 236 g/mol. The second-order valence-electron chi connectivity index (χ2n) is 3.58. The van der Waals surface area contributed by atoms with Crippen molar-refractivity contribution in [2.45, 2.75) is 12.3 Å². The highest BCUT2D eigenvalue weighted by Crippen LogP contribution is 2.34. The van der Waals surface area contributed by atoms with Crippen LogP contribution in [0.3, 0.4) is 0 Å². The lowest BCUT2D eigenvalue weighted by atomic mass is 9.95. The minimum Gasteiger partial charge on any atom is -0.493 e. The number of rotatable bonds is 2. The van der Waals surface area contributed by atoms with E-state index in [4.69, 9.17) is 15.4 Å². The van der Waals surface area contributed by atoms with Crippen molar-refractivity contribution >= 4 is 19.7 Å². The maximum Gasteiger partial charge on any atom is 0.233 e. The number of ether oxygens (including phenoxy) is 1. The second kappa shape index (κ2) is 4.02. The molecule has 15 heavy (non-hydrogen) atoms. The molecule has 0 amide bonds. The first-order valence-electron chi connectivity index (χ1n) is 4.70. The van der Waals surface area contributed by atoms with Crippen LogP contribution in [0, 0.1) is 0 Å². The van der Waals surface area contributed by atoms with Gasteiger partial charge in [0.15, 0.2) is 0 Å². The van der Waals surface area contributed by atoms with E-state index >= 15 is 0 Å². The molecule has 5 heteroatoms. The molecule has 1 aromatic carbocycles. The lowest BCUT2D eigenvalue weighted by Gasteiger charge is -2.24. The maximum absolute atomic E-state index is 11.0. The summed E-state index contributed by atoms with van der Waals surface area (Å²) in [6.07, 6.45) is 0.697. The molecule has 2 rings (SSSR count). The Labute approximate surface area is 93.4 Å². The summed E-state index contributed by atoms with van der Waals surface area (Å²) in [6, 6.07) is 7.49. The van der Waals surface area contributed by atoms with Gasteiger partial charge in [-0.05, 0) is 18.1 Å². The van der Waals surface area contributed by atoms with Gasteiger partial charge in [-0.15, -0.1) is 0 Å². The normalized spacial score (nSPS) is 20.5. The van der Waals surface area contributed by atoms with Crippen molar-refractivity contribution < 1.29 is 13.2 Å². The van der Waals surface area contributed by atoms with Crippen molar-refractivity contribution in [3.63, 3.8) is 0 Å². The van der Waals surface area contributed by atoms with Crippen LogP contribution in [0.5, 0.6) is 5.75 Å². The van der Waals surface area contributed by atoms with E-state index in [1.54, 1.807) is 0 Å². The molecule has 0 saturated heterocycles. The zero-order chi connectivity index (χ0) is 10.9. The Hall–Kier alpha value is -0.740. The summed E-state index contributed by atoms with van der Waals surface area (Å²) in [5, 5.41) is 0. The zero-order valence-electron chi connectivity index (χ0n) is 8.02. The van der Waals surface area contributed by atoms with Crippen LogP contribution in [0.4, 0.5) is 0 Å². The largest absolute Gasteiger partial charge is 0.493 e. The molecule has 0 spiro atoms. The maximum atomic E-state index is 11.0. The smallest absolute Gasteiger partial charge is 0.233 e. The first-order chi connectivity index (χ1) is 7.06. The minimum atomic E-state index is -3.45. The van der Waals surface area contributed by atoms with Crippen molar-refractivity contribution in [1.29, 1.82) is 0 Å². The summed E-state index contributed by atoms with van der Waals surface area (Å²) in [4.78, 5) is 0. The van der Waals surface area contributed by atoms with Gasteiger partial charge in [0.05, 0.1) is 12.4 Å². The average Bonchev–Trinajstić information content (AvgIpc) is 2.16. The fourth-order valence-corrected chi connectivity index (χ4v) is 3.11. The fraction of sp³-hybridized carbons (Fsp3) is 0.400. The summed E-state index contributed by atoms with van der Waals surface area (Å²) in [5.74, 6) is 0.709. The third kappa shape index (κ3) is 2.63. The first kappa shape index (κ1) is 10.8. The minimum absolute atomic E-state index is 0.0189. The van der Waals surface area contributed by atoms with Crippen LogP contribution in [0.15, 0.2) is 24.3 Å². The number of fused-ring (bicyclic) bond motifs is 1. The lowest BCUT2D eigenvalue weighted by Crippen LogP contribution is -2.19. The van der Waals surface area contributed by atoms with Gasteiger partial charge in [-0.3, -0.25) is 0 Å². The topological polar surface area (TPSA) is 43.4 Å². The van der Waals surface area contributed by atoms with Crippen LogP contribution in [0.25, 0.3) is 0 Å². The Morgan fingerprint density at radius 1 is 1.40 bits per heavy atom. The van der Waals surface area contributed by atoms with E-state index in [0.717, 1.165) is 11.3 Å². The highest BCUT2D eigenvalue weighted by molar-refractivity contribution is 8.13. The summed E-state index contributed by atoms with van der Waals surface area (Å²) >= 11 is 0. The molecule has 82 valence electrons. The van der Waals surface area contributed by atoms with Crippen LogP contribution in [-0.2, 0) is 9.05 Å². The first-order valence-corrected chi connectivity index (χ1v) is 7.18. The van der Waals surface area contributed by atoms with Crippen LogP contribution in [-0.4, -0.2) is 20.8 Å². The fourth-order valence-electron chi connectivity index (χ4n) is 1.83. The van der Waals surface area contributed by atoms with E-state index in [9.17, 15) is 8.42 Å². The van der Waals surface area contributed by atoms with Gasteiger partial charge in [0.2, 0.25) is 9.05 Å². The molecule has 0 bridgehead atoms. The van der Waals surface area contributed by atoms with Crippen LogP contribution < -0.4 is 4.74 Å². The number of benzene rings is 1. The Morgan fingerprint density at radius 3 is 2.87 bits per heavy atom. The van der Waals surface area contributed by atoms with E-state index in [-0.39, 0.29) is 11.7 Å². The number of para-hydroxylation sites is 1. The molecule has 1 heterocycles. The van der Waals surface area contributed by atoms with Gasteiger partial charge in [0.1, 0.15) is 5.75 Å².